The zero-order valence-corrected chi connectivity index (χ0v) is 11.7. The van der Waals surface area contributed by atoms with Gasteiger partial charge in [0.25, 0.3) is 5.56 Å². The van der Waals surface area contributed by atoms with Crippen molar-refractivity contribution in [2.75, 3.05) is 20.3 Å². The minimum atomic E-state index is -0.102. The summed E-state index contributed by atoms with van der Waals surface area (Å²) in [6.45, 7) is 3.07. The first-order chi connectivity index (χ1) is 9.74. The molecule has 5 heteroatoms. The Morgan fingerprint density at radius 3 is 3.05 bits per heavy atom. The zero-order chi connectivity index (χ0) is 14.1. The number of fused-ring (bicyclic) bond motifs is 1. The minimum absolute atomic E-state index is 0.0251. The Bertz CT molecular complexity index is 680. The third-order valence-electron chi connectivity index (χ3n) is 3.92. The van der Waals surface area contributed by atoms with E-state index in [4.69, 9.17) is 9.47 Å². The smallest absolute Gasteiger partial charge is 0.261 e. The van der Waals surface area contributed by atoms with Gasteiger partial charge in [0.1, 0.15) is 6.10 Å². The maximum absolute atomic E-state index is 12.7. The van der Waals surface area contributed by atoms with E-state index in [9.17, 15) is 4.79 Å². The summed E-state index contributed by atoms with van der Waals surface area (Å²) < 4.78 is 12.4. The highest BCUT2D eigenvalue weighted by atomic mass is 16.5. The van der Waals surface area contributed by atoms with Crippen LogP contribution in [0.5, 0.6) is 0 Å². The van der Waals surface area contributed by atoms with Crippen molar-refractivity contribution >= 4 is 10.9 Å². The molecule has 0 spiro atoms. The average Bonchev–Trinajstić information content (AvgIpc) is 2.95. The molecule has 2 heterocycles. The maximum Gasteiger partial charge on any atom is 0.261 e. The summed E-state index contributed by atoms with van der Waals surface area (Å²) in [6, 6.07) is 5.74. The van der Waals surface area contributed by atoms with Gasteiger partial charge in [0.2, 0.25) is 0 Å². The number of methoxy groups -OCH3 is 1. The van der Waals surface area contributed by atoms with Crippen LogP contribution in [0.15, 0.2) is 29.3 Å². The lowest BCUT2D eigenvalue weighted by Gasteiger charge is -2.18. The van der Waals surface area contributed by atoms with Crippen molar-refractivity contribution in [1.29, 1.82) is 0 Å². The fourth-order valence-electron chi connectivity index (χ4n) is 2.65. The number of hydrogen-bond acceptors (Lipinski definition) is 4. The number of nitrogens with zero attached hydrogens (tertiary/aromatic N) is 2. The second kappa shape index (κ2) is 5.34. The average molecular weight is 274 g/mol. The molecular weight excluding hydrogens is 256 g/mol. The Kier molecular flexibility index (Phi) is 3.54. The van der Waals surface area contributed by atoms with E-state index in [0.717, 1.165) is 17.5 Å². The van der Waals surface area contributed by atoms with Crippen LogP contribution in [-0.4, -0.2) is 36.0 Å². The van der Waals surface area contributed by atoms with Crippen molar-refractivity contribution in [3.8, 4) is 0 Å². The maximum atomic E-state index is 12.7. The van der Waals surface area contributed by atoms with Gasteiger partial charge in [0.05, 0.1) is 36.5 Å². The molecule has 1 aromatic carbocycles. The largest absolute Gasteiger partial charge is 0.377 e. The van der Waals surface area contributed by atoms with Crippen molar-refractivity contribution < 1.29 is 9.47 Å². The quantitative estimate of drug-likeness (QED) is 0.852. The number of ether oxygens (including phenoxy) is 2. The molecule has 0 unspecified atom stereocenters. The van der Waals surface area contributed by atoms with Crippen LogP contribution in [-0.2, 0) is 15.9 Å². The van der Waals surface area contributed by atoms with E-state index in [1.54, 1.807) is 18.0 Å². The Hall–Kier alpha value is -1.72. The molecule has 1 aliphatic rings. The van der Waals surface area contributed by atoms with Gasteiger partial charge >= 0.3 is 0 Å². The van der Waals surface area contributed by atoms with Gasteiger partial charge in [-0.2, -0.15) is 0 Å². The lowest BCUT2D eigenvalue weighted by atomic mass is 10.1. The molecule has 1 fully saturated rings. The van der Waals surface area contributed by atoms with Crippen molar-refractivity contribution in [3.63, 3.8) is 0 Å². The summed E-state index contributed by atoms with van der Waals surface area (Å²) in [5.41, 5.74) is 1.85. The third-order valence-corrected chi connectivity index (χ3v) is 3.92. The van der Waals surface area contributed by atoms with Gasteiger partial charge in [0.15, 0.2) is 0 Å². The minimum Gasteiger partial charge on any atom is -0.377 e. The molecule has 1 aliphatic heterocycles. The monoisotopic (exact) mass is 274 g/mol. The summed E-state index contributed by atoms with van der Waals surface area (Å²) in [6.07, 6.45) is 2.40. The number of aryl methyl sites for hydroxylation is 1. The van der Waals surface area contributed by atoms with Gasteiger partial charge in [-0.25, -0.2) is 4.98 Å². The highest BCUT2D eigenvalue weighted by Gasteiger charge is 2.30. The fraction of sp³-hybridized carbons (Fsp3) is 0.467. The highest BCUT2D eigenvalue weighted by Crippen LogP contribution is 2.21. The molecule has 0 radical (unpaired) electrons. The standard InChI is InChI=1S/C15H18N2O3/c1-3-10-4-5-12-11(6-10)15(18)17(9-16-12)13-7-20-8-14(13)19-2/h4-6,9,13-14H,3,7-8H2,1-2H3/t13-,14-/m0/s1. The van der Waals surface area contributed by atoms with Crippen molar-refractivity contribution in [2.45, 2.75) is 25.5 Å². The van der Waals surface area contributed by atoms with Crippen LogP contribution in [0.3, 0.4) is 0 Å². The predicted octanol–water partition coefficient (Wildman–Crippen LogP) is 1.55. The first kappa shape index (κ1) is 13.3. The second-order valence-electron chi connectivity index (χ2n) is 5.04. The predicted molar refractivity (Wildman–Crippen MR) is 76.0 cm³/mol. The molecule has 5 nitrogen and oxygen atoms in total. The van der Waals surface area contributed by atoms with E-state index in [-0.39, 0.29) is 17.7 Å². The molecule has 0 amide bonds. The van der Waals surface area contributed by atoms with E-state index in [2.05, 4.69) is 11.9 Å². The number of rotatable bonds is 3. The number of hydrogen-bond donors (Lipinski definition) is 0. The lowest BCUT2D eigenvalue weighted by Crippen LogP contribution is -2.32. The van der Waals surface area contributed by atoms with Crippen LogP contribution < -0.4 is 5.56 Å². The zero-order valence-electron chi connectivity index (χ0n) is 11.7. The number of aromatic nitrogens is 2. The van der Waals surface area contributed by atoms with E-state index < -0.39 is 0 Å². The van der Waals surface area contributed by atoms with E-state index in [1.165, 1.54) is 0 Å². The third kappa shape index (κ3) is 2.13. The van der Waals surface area contributed by atoms with Gasteiger partial charge in [-0.1, -0.05) is 13.0 Å². The summed E-state index contributed by atoms with van der Waals surface area (Å²) in [7, 11) is 1.64. The molecule has 3 rings (SSSR count). The first-order valence-electron chi connectivity index (χ1n) is 6.85. The second-order valence-corrected chi connectivity index (χ2v) is 5.04. The Morgan fingerprint density at radius 1 is 1.45 bits per heavy atom. The molecule has 20 heavy (non-hydrogen) atoms. The topological polar surface area (TPSA) is 53.4 Å². The van der Waals surface area contributed by atoms with Crippen molar-refractivity contribution in [3.05, 3.63) is 40.4 Å². The molecule has 1 aromatic heterocycles. The van der Waals surface area contributed by atoms with Gasteiger partial charge < -0.3 is 9.47 Å². The van der Waals surface area contributed by atoms with E-state index >= 15 is 0 Å². The van der Waals surface area contributed by atoms with E-state index in [1.807, 2.05) is 18.2 Å². The highest BCUT2D eigenvalue weighted by molar-refractivity contribution is 5.78. The van der Waals surface area contributed by atoms with Gasteiger partial charge in [-0.3, -0.25) is 9.36 Å². The Balaban J connectivity index is 2.12. The first-order valence-corrected chi connectivity index (χ1v) is 6.85. The van der Waals surface area contributed by atoms with Crippen LogP contribution in [0.1, 0.15) is 18.5 Å². The molecular formula is C15H18N2O3. The molecule has 0 N–H and O–H groups in total. The molecule has 106 valence electrons. The normalized spacial score (nSPS) is 22.5. The van der Waals surface area contributed by atoms with Crippen LogP contribution in [0.25, 0.3) is 10.9 Å². The molecule has 1 saturated heterocycles. The molecule has 0 bridgehead atoms. The van der Waals surface area contributed by atoms with Crippen LogP contribution in [0.4, 0.5) is 0 Å². The van der Waals surface area contributed by atoms with Crippen LogP contribution in [0, 0.1) is 0 Å². The van der Waals surface area contributed by atoms with Crippen LogP contribution in [0.2, 0.25) is 0 Å². The molecule has 0 saturated carbocycles. The molecule has 2 aromatic rings. The summed E-state index contributed by atoms with van der Waals surface area (Å²) in [5, 5.41) is 0.661. The van der Waals surface area contributed by atoms with Gasteiger partial charge in [-0.05, 0) is 24.1 Å². The Morgan fingerprint density at radius 2 is 2.30 bits per heavy atom. The van der Waals surface area contributed by atoms with Gasteiger partial charge in [-0.15, -0.1) is 0 Å². The summed E-state index contributed by atoms with van der Waals surface area (Å²) >= 11 is 0. The fourth-order valence-corrected chi connectivity index (χ4v) is 2.65. The SMILES string of the molecule is CCc1ccc2ncn([C@H]3COC[C@@H]3OC)c(=O)c2c1. The lowest BCUT2D eigenvalue weighted by molar-refractivity contribution is 0.0679. The summed E-state index contributed by atoms with van der Waals surface area (Å²) in [5.74, 6) is 0. The summed E-state index contributed by atoms with van der Waals surface area (Å²) in [4.78, 5) is 17.0. The molecule has 0 aliphatic carbocycles. The molecule has 2 atom stereocenters. The van der Waals surface area contributed by atoms with Crippen molar-refractivity contribution in [2.24, 2.45) is 0 Å². The number of benzene rings is 1. The van der Waals surface area contributed by atoms with E-state index in [0.29, 0.717) is 18.6 Å². The van der Waals surface area contributed by atoms with Crippen molar-refractivity contribution in [1.82, 2.24) is 9.55 Å². The van der Waals surface area contributed by atoms with Gasteiger partial charge in [0, 0.05) is 7.11 Å². The van der Waals surface area contributed by atoms with Crippen LogP contribution >= 0.6 is 0 Å². The Labute approximate surface area is 117 Å².